The summed E-state index contributed by atoms with van der Waals surface area (Å²) in [5, 5.41) is 0. The lowest BCUT2D eigenvalue weighted by Crippen LogP contribution is -2.18. The van der Waals surface area contributed by atoms with E-state index in [0.29, 0.717) is 5.92 Å². The predicted octanol–water partition coefficient (Wildman–Crippen LogP) is 4.08. The molecule has 1 heteroatoms. The smallest absolute Gasteiger partial charge is 0.00457 e. The molecule has 1 aromatic carbocycles. The summed E-state index contributed by atoms with van der Waals surface area (Å²) in [7, 11) is 0. The monoisotopic (exact) mass is 245 g/mol. The van der Waals surface area contributed by atoms with Gasteiger partial charge >= 0.3 is 0 Å². The highest BCUT2D eigenvalue weighted by Crippen LogP contribution is 2.30. The van der Waals surface area contributed by atoms with Crippen molar-refractivity contribution in [2.75, 3.05) is 6.54 Å². The predicted molar refractivity (Wildman–Crippen MR) is 78.6 cm³/mol. The van der Waals surface area contributed by atoms with E-state index in [-0.39, 0.29) is 0 Å². The van der Waals surface area contributed by atoms with Crippen LogP contribution in [0, 0.1) is 18.8 Å². The van der Waals surface area contributed by atoms with Crippen molar-refractivity contribution in [3.05, 3.63) is 35.4 Å². The Balaban J connectivity index is 1.81. The Morgan fingerprint density at radius 1 is 1.28 bits per heavy atom. The molecule has 0 spiro atoms. The molecule has 0 radical (unpaired) electrons. The van der Waals surface area contributed by atoms with Crippen molar-refractivity contribution >= 4 is 0 Å². The van der Waals surface area contributed by atoms with Crippen molar-refractivity contribution in [3.63, 3.8) is 0 Å². The molecule has 2 N–H and O–H groups in total. The quantitative estimate of drug-likeness (QED) is 0.803. The third kappa shape index (κ3) is 4.13. The summed E-state index contributed by atoms with van der Waals surface area (Å²) in [5.41, 5.74) is 8.76. The minimum atomic E-state index is 0.674. The second-order valence-electron chi connectivity index (χ2n) is 6.02. The Hall–Kier alpha value is -0.820. The Morgan fingerprint density at radius 3 is 2.72 bits per heavy atom. The molecule has 1 nitrogen and oxygen atoms in total. The van der Waals surface area contributed by atoms with Gasteiger partial charge in [-0.05, 0) is 43.7 Å². The molecule has 0 amide bonds. The first-order valence-corrected chi connectivity index (χ1v) is 7.53. The van der Waals surface area contributed by atoms with Crippen LogP contribution in [0.1, 0.15) is 49.7 Å². The number of hydrogen-bond donors (Lipinski definition) is 1. The molecule has 18 heavy (non-hydrogen) atoms. The molecule has 0 aromatic heterocycles. The molecule has 1 unspecified atom stereocenters. The lowest BCUT2D eigenvalue weighted by atomic mass is 9.90. The summed E-state index contributed by atoms with van der Waals surface area (Å²) in [6.45, 7) is 3.00. The van der Waals surface area contributed by atoms with Gasteiger partial charge in [0, 0.05) is 0 Å². The van der Waals surface area contributed by atoms with Crippen LogP contribution in [0.25, 0.3) is 0 Å². The molecule has 1 aliphatic rings. The zero-order valence-electron chi connectivity index (χ0n) is 11.7. The standard InChI is InChI=1S/C17H27N/c1-14-5-4-8-16(11-14)12-17(13-18)10-9-15-6-2-3-7-15/h4-5,8,11,15,17H,2-3,6-7,9-10,12-13,18H2,1H3. The van der Waals surface area contributed by atoms with Crippen molar-refractivity contribution in [1.29, 1.82) is 0 Å². The third-order valence-electron chi connectivity index (χ3n) is 4.40. The molecule has 0 heterocycles. The molecule has 1 fully saturated rings. The van der Waals surface area contributed by atoms with Gasteiger partial charge < -0.3 is 5.73 Å². The van der Waals surface area contributed by atoms with E-state index in [2.05, 4.69) is 31.2 Å². The van der Waals surface area contributed by atoms with Crippen molar-refractivity contribution < 1.29 is 0 Å². The highest BCUT2D eigenvalue weighted by Gasteiger charge is 2.17. The van der Waals surface area contributed by atoms with Gasteiger partial charge in [-0.2, -0.15) is 0 Å². The molecule has 1 aliphatic carbocycles. The number of aryl methyl sites for hydroxylation is 1. The van der Waals surface area contributed by atoms with Gasteiger partial charge in [-0.1, -0.05) is 61.9 Å². The Kier molecular flexibility index (Phi) is 5.25. The van der Waals surface area contributed by atoms with Gasteiger partial charge in [-0.25, -0.2) is 0 Å². The molecule has 0 saturated heterocycles. The van der Waals surface area contributed by atoms with Crippen molar-refractivity contribution in [2.45, 2.75) is 51.9 Å². The number of hydrogen-bond acceptors (Lipinski definition) is 1. The summed E-state index contributed by atoms with van der Waals surface area (Å²) >= 11 is 0. The van der Waals surface area contributed by atoms with Crippen LogP contribution in [0.15, 0.2) is 24.3 Å². The van der Waals surface area contributed by atoms with Gasteiger partial charge in [0.05, 0.1) is 0 Å². The zero-order chi connectivity index (χ0) is 12.8. The van der Waals surface area contributed by atoms with Crippen molar-refractivity contribution in [2.24, 2.45) is 17.6 Å². The average molecular weight is 245 g/mol. The number of benzene rings is 1. The summed E-state index contributed by atoms with van der Waals surface area (Å²) in [6, 6.07) is 8.87. The van der Waals surface area contributed by atoms with E-state index in [1.165, 1.54) is 49.7 Å². The van der Waals surface area contributed by atoms with Gasteiger partial charge in [0.2, 0.25) is 0 Å². The molecular weight excluding hydrogens is 218 g/mol. The largest absolute Gasteiger partial charge is 0.330 e. The van der Waals surface area contributed by atoms with Crippen molar-refractivity contribution in [1.82, 2.24) is 0 Å². The van der Waals surface area contributed by atoms with E-state index >= 15 is 0 Å². The number of nitrogens with two attached hydrogens (primary N) is 1. The fourth-order valence-corrected chi connectivity index (χ4v) is 3.25. The van der Waals surface area contributed by atoms with Crippen LogP contribution in [-0.2, 0) is 6.42 Å². The highest BCUT2D eigenvalue weighted by molar-refractivity contribution is 5.22. The van der Waals surface area contributed by atoms with Crippen LogP contribution in [0.5, 0.6) is 0 Å². The van der Waals surface area contributed by atoms with E-state index in [1.54, 1.807) is 0 Å². The second-order valence-corrected chi connectivity index (χ2v) is 6.02. The highest BCUT2D eigenvalue weighted by atomic mass is 14.5. The van der Waals surface area contributed by atoms with Crippen LogP contribution in [0.2, 0.25) is 0 Å². The molecule has 0 bridgehead atoms. The van der Waals surface area contributed by atoms with Gasteiger partial charge in [-0.3, -0.25) is 0 Å². The Morgan fingerprint density at radius 2 is 2.06 bits per heavy atom. The van der Waals surface area contributed by atoms with E-state index < -0.39 is 0 Å². The maximum absolute atomic E-state index is 5.94. The summed E-state index contributed by atoms with van der Waals surface area (Å²) in [5.74, 6) is 1.67. The van der Waals surface area contributed by atoms with E-state index in [9.17, 15) is 0 Å². The Labute approximate surface area is 112 Å². The molecule has 100 valence electrons. The summed E-state index contributed by atoms with van der Waals surface area (Å²) in [6.07, 6.45) is 9.70. The second kappa shape index (κ2) is 6.94. The van der Waals surface area contributed by atoms with Gasteiger partial charge in [0.25, 0.3) is 0 Å². The molecule has 1 aromatic rings. The van der Waals surface area contributed by atoms with Crippen LogP contribution in [0.3, 0.4) is 0 Å². The maximum atomic E-state index is 5.94. The fourth-order valence-electron chi connectivity index (χ4n) is 3.25. The van der Waals surface area contributed by atoms with Gasteiger partial charge in [0.1, 0.15) is 0 Å². The first kappa shape index (κ1) is 13.6. The molecule has 2 rings (SSSR count). The van der Waals surface area contributed by atoms with Crippen LogP contribution < -0.4 is 5.73 Å². The van der Waals surface area contributed by atoms with Crippen LogP contribution >= 0.6 is 0 Å². The van der Waals surface area contributed by atoms with Gasteiger partial charge in [-0.15, -0.1) is 0 Å². The zero-order valence-corrected chi connectivity index (χ0v) is 11.7. The normalized spacial score (nSPS) is 18.1. The average Bonchev–Trinajstić information content (AvgIpc) is 2.87. The lowest BCUT2D eigenvalue weighted by molar-refractivity contribution is 0.400. The Bertz CT molecular complexity index is 352. The first-order chi connectivity index (χ1) is 8.78. The summed E-state index contributed by atoms with van der Waals surface area (Å²) in [4.78, 5) is 0. The first-order valence-electron chi connectivity index (χ1n) is 7.53. The molecular formula is C17H27N. The van der Waals surface area contributed by atoms with E-state index in [1.807, 2.05) is 0 Å². The molecule has 1 atom stereocenters. The number of rotatable bonds is 6. The fraction of sp³-hybridized carbons (Fsp3) is 0.647. The van der Waals surface area contributed by atoms with E-state index in [4.69, 9.17) is 5.73 Å². The lowest BCUT2D eigenvalue weighted by Gasteiger charge is -2.17. The summed E-state index contributed by atoms with van der Waals surface area (Å²) < 4.78 is 0. The van der Waals surface area contributed by atoms with E-state index in [0.717, 1.165) is 18.9 Å². The minimum absolute atomic E-state index is 0.674. The third-order valence-corrected chi connectivity index (χ3v) is 4.40. The maximum Gasteiger partial charge on any atom is -0.00457 e. The van der Waals surface area contributed by atoms with Crippen LogP contribution in [-0.4, -0.2) is 6.54 Å². The molecule has 0 aliphatic heterocycles. The van der Waals surface area contributed by atoms with Gasteiger partial charge in [0.15, 0.2) is 0 Å². The van der Waals surface area contributed by atoms with Crippen molar-refractivity contribution in [3.8, 4) is 0 Å². The molecule has 1 saturated carbocycles. The van der Waals surface area contributed by atoms with Crippen LogP contribution in [0.4, 0.5) is 0 Å². The SMILES string of the molecule is Cc1cccc(CC(CN)CCC2CCCC2)c1. The minimum Gasteiger partial charge on any atom is -0.330 e. The topological polar surface area (TPSA) is 26.0 Å².